The van der Waals surface area contributed by atoms with Gasteiger partial charge in [0, 0.05) is 49.9 Å². The molecule has 3 aromatic heterocycles. The molecule has 32 heavy (non-hydrogen) atoms. The van der Waals surface area contributed by atoms with Crippen molar-refractivity contribution in [3.05, 3.63) is 54.1 Å². The highest BCUT2D eigenvalue weighted by atomic mass is 19.3. The van der Waals surface area contributed by atoms with E-state index in [1.807, 2.05) is 36.0 Å². The van der Waals surface area contributed by atoms with Crippen LogP contribution < -0.4 is 5.73 Å². The Hall–Kier alpha value is -3.36. The molecular formula is C23H27F2N5O2. The lowest BCUT2D eigenvalue weighted by molar-refractivity contribution is -0.124. The van der Waals surface area contributed by atoms with Gasteiger partial charge in [-0.2, -0.15) is 0 Å². The molecule has 170 valence electrons. The molecular weight excluding hydrogens is 416 g/mol. The van der Waals surface area contributed by atoms with Crippen LogP contribution in [0.1, 0.15) is 37.8 Å². The Kier molecular flexibility index (Phi) is 6.57. The molecule has 2 amide bonds. The van der Waals surface area contributed by atoms with Crippen molar-refractivity contribution < 1.29 is 18.4 Å². The van der Waals surface area contributed by atoms with E-state index in [4.69, 9.17) is 5.73 Å². The minimum atomic E-state index is -2.54. The third-order valence-electron chi connectivity index (χ3n) is 5.68. The minimum absolute atomic E-state index is 0.189. The van der Waals surface area contributed by atoms with Crippen molar-refractivity contribution in [1.82, 2.24) is 19.4 Å². The number of fused-ring (bicyclic) bond motifs is 1. The Morgan fingerprint density at radius 3 is 2.50 bits per heavy atom. The average molecular weight is 443 g/mol. The number of halogens is 2. The molecule has 0 aliphatic carbocycles. The van der Waals surface area contributed by atoms with E-state index >= 15 is 0 Å². The van der Waals surface area contributed by atoms with E-state index in [1.165, 1.54) is 4.90 Å². The number of nitrogens with two attached hydrogens (primary N) is 1. The third-order valence-corrected chi connectivity index (χ3v) is 5.68. The van der Waals surface area contributed by atoms with Gasteiger partial charge in [-0.3, -0.25) is 19.1 Å². The number of alkyl halides is 2. The Balaban J connectivity index is 0.000000243. The predicted molar refractivity (Wildman–Crippen MR) is 118 cm³/mol. The van der Waals surface area contributed by atoms with E-state index in [0.717, 1.165) is 27.8 Å². The van der Waals surface area contributed by atoms with Crippen molar-refractivity contribution in [2.75, 3.05) is 13.1 Å². The summed E-state index contributed by atoms with van der Waals surface area (Å²) in [6, 6.07) is 6.03. The summed E-state index contributed by atoms with van der Waals surface area (Å²) in [4.78, 5) is 31.8. The SMILES string of the molecule is Cc1cnc2c(ccn2-c2cncc(C(C)(C)C(N)=O)c2)c1.O=CN1CCC(F)(F)CC1. The van der Waals surface area contributed by atoms with Crippen molar-refractivity contribution in [3.63, 3.8) is 0 Å². The molecule has 1 fully saturated rings. The summed E-state index contributed by atoms with van der Waals surface area (Å²) in [5.74, 6) is -2.92. The Bertz CT molecular complexity index is 1120. The van der Waals surface area contributed by atoms with Crippen molar-refractivity contribution >= 4 is 23.4 Å². The molecule has 1 aliphatic heterocycles. The first-order valence-corrected chi connectivity index (χ1v) is 10.3. The van der Waals surface area contributed by atoms with E-state index in [0.29, 0.717) is 6.41 Å². The number of carbonyl (C=O) groups excluding carboxylic acids is 2. The summed E-state index contributed by atoms with van der Waals surface area (Å²) < 4.78 is 26.7. The topological polar surface area (TPSA) is 94.1 Å². The van der Waals surface area contributed by atoms with Crippen LogP contribution in [0, 0.1) is 6.92 Å². The fourth-order valence-electron chi connectivity index (χ4n) is 3.34. The van der Waals surface area contributed by atoms with Crippen LogP contribution in [0.2, 0.25) is 0 Å². The summed E-state index contributed by atoms with van der Waals surface area (Å²) >= 11 is 0. The van der Waals surface area contributed by atoms with Gasteiger partial charge in [-0.05, 0) is 50.1 Å². The van der Waals surface area contributed by atoms with Crippen molar-refractivity contribution in [3.8, 4) is 5.69 Å². The molecule has 3 aromatic rings. The highest BCUT2D eigenvalue weighted by Gasteiger charge is 2.33. The number of amides is 2. The lowest BCUT2D eigenvalue weighted by atomic mass is 9.85. The maximum Gasteiger partial charge on any atom is 0.251 e. The molecule has 0 unspecified atom stereocenters. The van der Waals surface area contributed by atoms with Crippen LogP contribution in [0.25, 0.3) is 16.7 Å². The van der Waals surface area contributed by atoms with Crippen LogP contribution in [0.5, 0.6) is 0 Å². The standard InChI is InChI=1S/C17H18N4O.C6H9F2NO/c1-11-6-12-4-5-21(15(12)20-8-11)14-7-13(9-19-10-14)17(2,3)16(18)22;7-6(8)1-3-9(5-10)4-2-6/h4-10H,1-3H3,(H2,18,22);5H,1-4H2. The maximum absolute atomic E-state index is 12.4. The fourth-order valence-corrected chi connectivity index (χ4v) is 3.34. The molecule has 1 saturated heterocycles. The van der Waals surface area contributed by atoms with Crippen LogP contribution in [0.15, 0.2) is 43.0 Å². The van der Waals surface area contributed by atoms with Crippen LogP contribution in [-0.4, -0.2) is 50.8 Å². The van der Waals surface area contributed by atoms with Crippen LogP contribution >= 0.6 is 0 Å². The molecule has 4 rings (SSSR count). The molecule has 0 bridgehead atoms. The highest BCUT2D eigenvalue weighted by molar-refractivity contribution is 5.86. The summed E-state index contributed by atoms with van der Waals surface area (Å²) in [6.45, 7) is 5.99. The second-order valence-electron chi connectivity index (χ2n) is 8.53. The van der Waals surface area contributed by atoms with Gasteiger partial charge in [0.1, 0.15) is 5.65 Å². The number of pyridine rings is 2. The average Bonchev–Trinajstić information content (AvgIpc) is 3.17. The number of rotatable bonds is 4. The molecule has 4 heterocycles. The van der Waals surface area contributed by atoms with Gasteiger partial charge < -0.3 is 10.6 Å². The quantitative estimate of drug-likeness (QED) is 0.626. The number of hydrogen-bond acceptors (Lipinski definition) is 4. The van der Waals surface area contributed by atoms with E-state index < -0.39 is 11.3 Å². The lowest BCUT2D eigenvalue weighted by Gasteiger charge is -2.28. The lowest BCUT2D eigenvalue weighted by Crippen LogP contribution is -2.38. The molecule has 2 N–H and O–H groups in total. The molecule has 0 saturated carbocycles. The second kappa shape index (κ2) is 9.02. The first kappa shape index (κ1) is 23.3. The molecule has 9 heteroatoms. The predicted octanol–water partition coefficient (Wildman–Crippen LogP) is 3.37. The number of nitrogens with zero attached hydrogens (tertiary/aromatic N) is 4. The van der Waals surface area contributed by atoms with Gasteiger partial charge in [-0.25, -0.2) is 13.8 Å². The first-order chi connectivity index (χ1) is 15.0. The number of piperidine rings is 1. The zero-order chi connectivity index (χ0) is 23.5. The fraction of sp³-hybridized carbons (Fsp3) is 0.391. The summed E-state index contributed by atoms with van der Waals surface area (Å²) in [7, 11) is 0. The van der Waals surface area contributed by atoms with Crippen molar-refractivity contribution in [2.24, 2.45) is 5.73 Å². The van der Waals surface area contributed by atoms with E-state index in [1.54, 1.807) is 26.2 Å². The largest absolute Gasteiger partial charge is 0.369 e. The van der Waals surface area contributed by atoms with Gasteiger partial charge in [0.2, 0.25) is 12.3 Å². The summed E-state index contributed by atoms with van der Waals surface area (Å²) in [5.41, 5.74) is 8.35. The van der Waals surface area contributed by atoms with Gasteiger partial charge >= 0.3 is 0 Å². The molecule has 0 spiro atoms. The van der Waals surface area contributed by atoms with Gasteiger partial charge in [-0.15, -0.1) is 0 Å². The van der Waals surface area contributed by atoms with Crippen LogP contribution in [0.4, 0.5) is 8.78 Å². The zero-order valence-corrected chi connectivity index (χ0v) is 18.4. The maximum atomic E-state index is 12.4. The molecule has 1 aliphatic rings. The molecule has 0 atom stereocenters. The Morgan fingerprint density at radius 1 is 1.19 bits per heavy atom. The monoisotopic (exact) mass is 443 g/mol. The number of hydrogen-bond donors (Lipinski definition) is 1. The zero-order valence-electron chi connectivity index (χ0n) is 18.4. The number of carbonyl (C=O) groups is 2. The van der Waals surface area contributed by atoms with Crippen LogP contribution in [0.3, 0.4) is 0 Å². The second-order valence-corrected chi connectivity index (χ2v) is 8.53. The first-order valence-electron chi connectivity index (χ1n) is 10.3. The van der Waals surface area contributed by atoms with Crippen molar-refractivity contribution in [1.29, 1.82) is 0 Å². The summed E-state index contributed by atoms with van der Waals surface area (Å²) in [6.07, 6.45) is 7.46. The number of primary amides is 1. The van der Waals surface area contributed by atoms with Gasteiger partial charge in [0.05, 0.1) is 17.3 Å². The minimum Gasteiger partial charge on any atom is -0.369 e. The normalized spacial score (nSPS) is 15.7. The van der Waals surface area contributed by atoms with Crippen molar-refractivity contribution in [2.45, 2.75) is 45.0 Å². The van der Waals surface area contributed by atoms with E-state index in [-0.39, 0.29) is 31.8 Å². The van der Waals surface area contributed by atoms with E-state index in [2.05, 4.69) is 16.0 Å². The molecule has 0 aromatic carbocycles. The van der Waals surface area contributed by atoms with Crippen LogP contribution in [-0.2, 0) is 15.0 Å². The smallest absolute Gasteiger partial charge is 0.251 e. The van der Waals surface area contributed by atoms with Gasteiger partial charge in [0.25, 0.3) is 5.92 Å². The number of likely N-dealkylation sites (tertiary alicyclic amines) is 1. The summed E-state index contributed by atoms with van der Waals surface area (Å²) in [5, 5.41) is 1.07. The number of aryl methyl sites for hydroxylation is 1. The number of aromatic nitrogens is 3. The Morgan fingerprint density at radius 2 is 1.88 bits per heavy atom. The van der Waals surface area contributed by atoms with Gasteiger partial charge in [0.15, 0.2) is 0 Å². The molecule has 0 radical (unpaired) electrons. The Labute approximate surface area is 185 Å². The molecule has 7 nitrogen and oxygen atoms in total. The third kappa shape index (κ3) is 5.09. The van der Waals surface area contributed by atoms with E-state index in [9.17, 15) is 18.4 Å². The highest BCUT2D eigenvalue weighted by Crippen LogP contribution is 2.27. The van der Waals surface area contributed by atoms with Gasteiger partial charge in [-0.1, -0.05) is 0 Å².